The van der Waals surface area contributed by atoms with Gasteiger partial charge >= 0.3 is 0 Å². The lowest BCUT2D eigenvalue weighted by Gasteiger charge is -2.20. The molecule has 1 amide bonds. The Hall–Kier alpha value is -1.36. The molecule has 72 valence electrons. The molecule has 0 radical (unpaired) electrons. The van der Waals surface area contributed by atoms with Gasteiger partial charge in [-0.15, -0.1) is 0 Å². The first-order chi connectivity index (χ1) is 6.29. The molecule has 0 saturated carbocycles. The number of carbonyl (C=O) groups excluding carboxylic acids is 1. The van der Waals surface area contributed by atoms with Crippen LogP contribution in [0.5, 0.6) is 0 Å². The van der Waals surface area contributed by atoms with Crippen molar-refractivity contribution in [3.8, 4) is 0 Å². The van der Waals surface area contributed by atoms with Crippen LogP contribution in [-0.4, -0.2) is 36.9 Å². The average Bonchev–Trinajstić information content (AvgIpc) is 2.14. The number of rotatable bonds is 4. The van der Waals surface area contributed by atoms with Gasteiger partial charge in [-0.1, -0.05) is 0 Å². The van der Waals surface area contributed by atoms with E-state index in [9.17, 15) is 4.79 Å². The summed E-state index contributed by atoms with van der Waals surface area (Å²) in [6.45, 7) is 3.46. The van der Waals surface area contributed by atoms with Crippen LogP contribution >= 0.6 is 0 Å². The van der Waals surface area contributed by atoms with Crippen molar-refractivity contribution in [2.24, 2.45) is 4.99 Å². The third kappa shape index (κ3) is 4.27. The van der Waals surface area contributed by atoms with Gasteiger partial charge in [0.25, 0.3) is 0 Å². The zero-order valence-electron chi connectivity index (χ0n) is 7.66. The van der Waals surface area contributed by atoms with Gasteiger partial charge in [0.1, 0.15) is 6.67 Å². The summed E-state index contributed by atoms with van der Waals surface area (Å²) in [6.07, 6.45) is 5.52. The number of carbonyl (C=O) groups is 1. The van der Waals surface area contributed by atoms with Crippen LogP contribution in [-0.2, 0) is 4.79 Å². The van der Waals surface area contributed by atoms with Gasteiger partial charge in [0.05, 0.1) is 0 Å². The first kappa shape index (κ1) is 9.73. The molecule has 0 atom stereocenters. The van der Waals surface area contributed by atoms with Gasteiger partial charge in [-0.2, -0.15) is 0 Å². The second kappa shape index (κ2) is 5.31. The molecule has 5 nitrogen and oxygen atoms in total. The minimum absolute atomic E-state index is 0.00555. The number of aliphatic imine (C=N–C) groups is 1. The van der Waals surface area contributed by atoms with Gasteiger partial charge in [0.15, 0.2) is 0 Å². The highest BCUT2D eigenvalue weighted by Gasteiger charge is 1.98. The predicted molar refractivity (Wildman–Crippen MR) is 51.0 cm³/mol. The number of allylic oxidation sites excluding steroid dienone is 1. The number of hydrazine groups is 1. The van der Waals surface area contributed by atoms with Crippen LogP contribution < -0.4 is 10.7 Å². The van der Waals surface area contributed by atoms with Gasteiger partial charge in [-0.25, -0.2) is 5.43 Å². The molecule has 2 N–H and O–H groups in total. The highest BCUT2D eigenvalue weighted by Crippen LogP contribution is 1.89. The van der Waals surface area contributed by atoms with E-state index in [1.165, 1.54) is 6.92 Å². The van der Waals surface area contributed by atoms with Gasteiger partial charge in [-0.05, 0) is 6.08 Å². The molecule has 0 aromatic heterocycles. The van der Waals surface area contributed by atoms with Gasteiger partial charge < -0.3 is 5.32 Å². The molecular formula is C8H14N4O. The number of hydrogen-bond acceptors (Lipinski definition) is 4. The summed E-state index contributed by atoms with van der Waals surface area (Å²) in [4.78, 5) is 14.5. The van der Waals surface area contributed by atoms with E-state index >= 15 is 0 Å². The molecule has 0 unspecified atom stereocenters. The van der Waals surface area contributed by atoms with Gasteiger partial charge in [0, 0.05) is 32.4 Å². The summed E-state index contributed by atoms with van der Waals surface area (Å²) in [5, 5.41) is 4.56. The molecule has 0 aromatic rings. The Morgan fingerprint density at radius 2 is 2.46 bits per heavy atom. The summed E-state index contributed by atoms with van der Waals surface area (Å²) < 4.78 is 0. The van der Waals surface area contributed by atoms with E-state index < -0.39 is 0 Å². The first-order valence-electron chi connectivity index (χ1n) is 4.20. The second-order valence-electron chi connectivity index (χ2n) is 2.68. The number of nitrogens with one attached hydrogen (secondary N) is 2. The van der Waals surface area contributed by atoms with E-state index in [0.717, 1.165) is 0 Å². The van der Waals surface area contributed by atoms with Crippen molar-refractivity contribution in [3.05, 3.63) is 12.3 Å². The fourth-order valence-electron chi connectivity index (χ4n) is 0.926. The summed E-state index contributed by atoms with van der Waals surface area (Å²) in [5.74, 6) is -0.00555. The molecule has 0 bridgehead atoms. The fourth-order valence-corrected chi connectivity index (χ4v) is 0.926. The normalized spacial score (nSPS) is 14.7. The fraction of sp³-hybridized carbons (Fsp3) is 0.500. The standard InChI is InChI=1S/C8H14N4O/c1-8(13)10-4-5-11-12-6-2-3-9-7-12/h2-3,6,11H,4-5,7H2,1H3,(H,10,13). The smallest absolute Gasteiger partial charge is 0.216 e. The molecule has 13 heavy (non-hydrogen) atoms. The van der Waals surface area contributed by atoms with Crippen molar-refractivity contribution in [1.29, 1.82) is 0 Å². The van der Waals surface area contributed by atoms with Gasteiger partial charge in [-0.3, -0.25) is 14.8 Å². The van der Waals surface area contributed by atoms with Crippen molar-refractivity contribution in [1.82, 2.24) is 15.8 Å². The van der Waals surface area contributed by atoms with E-state index in [4.69, 9.17) is 0 Å². The molecule has 5 heteroatoms. The molecule has 0 spiro atoms. The third-order valence-corrected chi connectivity index (χ3v) is 1.51. The summed E-state index contributed by atoms with van der Waals surface area (Å²) in [5.41, 5.74) is 3.10. The maximum Gasteiger partial charge on any atom is 0.216 e. The van der Waals surface area contributed by atoms with E-state index in [0.29, 0.717) is 19.8 Å². The zero-order valence-corrected chi connectivity index (χ0v) is 7.66. The molecule has 1 heterocycles. The molecule has 1 rings (SSSR count). The Balaban J connectivity index is 2.03. The van der Waals surface area contributed by atoms with Crippen molar-refractivity contribution in [2.45, 2.75) is 6.92 Å². The van der Waals surface area contributed by atoms with Crippen LogP contribution in [0.25, 0.3) is 0 Å². The molecule has 0 saturated heterocycles. The summed E-state index contributed by atoms with van der Waals surface area (Å²) in [7, 11) is 0. The highest BCUT2D eigenvalue weighted by molar-refractivity contribution is 5.72. The average molecular weight is 182 g/mol. The van der Waals surface area contributed by atoms with Gasteiger partial charge in [0.2, 0.25) is 5.91 Å². The first-order valence-corrected chi connectivity index (χ1v) is 4.20. The summed E-state index contributed by atoms with van der Waals surface area (Å²) in [6, 6.07) is 0. The van der Waals surface area contributed by atoms with E-state index in [-0.39, 0.29) is 5.91 Å². The Kier molecular flexibility index (Phi) is 3.98. The number of hydrogen-bond donors (Lipinski definition) is 2. The highest BCUT2D eigenvalue weighted by atomic mass is 16.1. The SMILES string of the molecule is CC(=O)NCCNN1C=CC=NC1. The lowest BCUT2D eigenvalue weighted by Crippen LogP contribution is -2.39. The Bertz CT molecular complexity index is 224. The number of amides is 1. The predicted octanol–water partition coefficient (Wildman–Crippen LogP) is -0.515. The largest absolute Gasteiger partial charge is 0.355 e. The lowest BCUT2D eigenvalue weighted by atomic mass is 10.5. The van der Waals surface area contributed by atoms with Crippen LogP contribution in [0.2, 0.25) is 0 Å². The minimum Gasteiger partial charge on any atom is -0.355 e. The monoisotopic (exact) mass is 182 g/mol. The number of nitrogens with zero attached hydrogens (tertiary/aromatic N) is 2. The molecule has 0 aromatic carbocycles. The Morgan fingerprint density at radius 3 is 3.08 bits per heavy atom. The molecule has 0 aliphatic carbocycles. The minimum atomic E-state index is -0.00555. The molecule has 0 fully saturated rings. The quantitative estimate of drug-likeness (QED) is 0.575. The lowest BCUT2D eigenvalue weighted by molar-refractivity contribution is -0.118. The Morgan fingerprint density at radius 1 is 1.62 bits per heavy atom. The van der Waals surface area contributed by atoms with Crippen LogP contribution in [0.4, 0.5) is 0 Å². The van der Waals surface area contributed by atoms with Crippen molar-refractivity contribution < 1.29 is 4.79 Å². The van der Waals surface area contributed by atoms with E-state index in [1.807, 2.05) is 17.3 Å². The van der Waals surface area contributed by atoms with E-state index in [1.54, 1.807) is 6.21 Å². The second-order valence-corrected chi connectivity index (χ2v) is 2.68. The maximum absolute atomic E-state index is 10.5. The topological polar surface area (TPSA) is 56.7 Å². The van der Waals surface area contributed by atoms with Crippen LogP contribution in [0.3, 0.4) is 0 Å². The van der Waals surface area contributed by atoms with Crippen molar-refractivity contribution >= 4 is 12.1 Å². The van der Waals surface area contributed by atoms with Crippen LogP contribution in [0, 0.1) is 0 Å². The zero-order chi connectivity index (χ0) is 9.52. The van der Waals surface area contributed by atoms with E-state index in [2.05, 4.69) is 15.7 Å². The molecule has 1 aliphatic heterocycles. The van der Waals surface area contributed by atoms with Crippen molar-refractivity contribution in [3.63, 3.8) is 0 Å². The van der Waals surface area contributed by atoms with Crippen molar-refractivity contribution in [2.75, 3.05) is 19.8 Å². The third-order valence-electron chi connectivity index (χ3n) is 1.51. The van der Waals surface area contributed by atoms with Crippen LogP contribution in [0.1, 0.15) is 6.92 Å². The maximum atomic E-state index is 10.5. The van der Waals surface area contributed by atoms with Crippen LogP contribution in [0.15, 0.2) is 17.3 Å². The molecular weight excluding hydrogens is 168 g/mol. The molecule has 1 aliphatic rings. The summed E-state index contributed by atoms with van der Waals surface area (Å²) >= 11 is 0. The Labute approximate surface area is 77.5 Å².